The van der Waals surface area contributed by atoms with Gasteiger partial charge in [-0.15, -0.1) is 16.9 Å². The van der Waals surface area contributed by atoms with Crippen LogP contribution in [-0.2, 0) is 24.0 Å². The number of likely N-dealkylation sites (N-methyl/N-ethyl adjacent to an activating group) is 1. The van der Waals surface area contributed by atoms with E-state index in [0.717, 1.165) is 92.8 Å². The lowest BCUT2D eigenvalue weighted by atomic mass is 10.1. The number of fused-ring (bicyclic) bond motifs is 1. The maximum absolute atomic E-state index is 13.0. The Kier molecular flexibility index (Phi) is 8.41. The molecule has 0 bridgehead atoms. The van der Waals surface area contributed by atoms with E-state index in [2.05, 4.69) is 32.1 Å². The molecule has 1 aliphatic heterocycles. The maximum Gasteiger partial charge on any atom is 0.416 e. The summed E-state index contributed by atoms with van der Waals surface area (Å²) in [4.78, 5) is 9.65. The summed E-state index contributed by atoms with van der Waals surface area (Å²) in [6.45, 7) is 6.76. The number of ether oxygens (including phenoxy) is 1. The predicted molar refractivity (Wildman–Crippen MR) is 126 cm³/mol. The van der Waals surface area contributed by atoms with Crippen molar-refractivity contribution in [3.05, 3.63) is 47.9 Å². The van der Waals surface area contributed by atoms with Crippen LogP contribution in [0.1, 0.15) is 17.7 Å². The fourth-order valence-corrected chi connectivity index (χ4v) is 4.81. The average molecular weight is 495 g/mol. The highest BCUT2D eigenvalue weighted by atomic mass is 32.2. The minimum absolute atomic E-state index is 0.373. The second kappa shape index (κ2) is 11.5. The zero-order chi connectivity index (χ0) is 24.0. The fraction of sp³-hybridized carbons (Fsp3) is 0.522. The molecule has 1 aromatic carbocycles. The van der Waals surface area contributed by atoms with E-state index >= 15 is 0 Å². The second-order valence-corrected chi connectivity index (χ2v) is 9.54. The molecule has 184 valence electrons. The quantitative estimate of drug-likeness (QED) is 0.314. The molecule has 0 aliphatic carbocycles. The van der Waals surface area contributed by atoms with Gasteiger partial charge in [0.15, 0.2) is 0 Å². The van der Waals surface area contributed by atoms with Crippen molar-refractivity contribution in [1.29, 1.82) is 0 Å². The van der Waals surface area contributed by atoms with E-state index in [1.165, 1.54) is 6.07 Å². The normalized spacial score (nSPS) is 15.4. The molecule has 7 nitrogen and oxygen atoms in total. The number of halogens is 3. The largest absolute Gasteiger partial charge is 0.416 e. The molecule has 0 N–H and O–H groups in total. The Labute approximate surface area is 201 Å². The summed E-state index contributed by atoms with van der Waals surface area (Å²) in [7, 11) is 2.08. The van der Waals surface area contributed by atoms with Crippen molar-refractivity contribution in [2.24, 2.45) is 0 Å². The van der Waals surface area contributed by atoms with Crippen molar-refractivity contribution >= 4 is 22.7 Å². The van der Waals surface area contributed by atoms with Crippen molar-refractivity contribution in [2.45, 2.75) is 30.6 Å². The van der Waals surface area contributed by atoms with E-state index in [1.54, 1.807) is 18.0 Å². The van der Waals surface area contributed by atoms with Gasteiger partial charge in [-0.1, -0.05) is 11.3 Å². The van der Waals surface area contributed by atoms with Gasteiger partial charge in [0.05, 0.1) is 36.5 Å². The van der Waals surface area contributed by atoms with Gasteiger partial charge in [0, 0.05) is 48.9 Å². The summed E-state index contributed by atoms with van der Waals surface area (Å²) in [6, 6.07) is 5.62. The topological polar surface area (TPSA) is 59.3 Å². The summed E-state index contributed by atoms with van der Waals surface area (Å²) in [5.41, 5.74) is 0.683. The van der Waals surface area contributed by atoms with Crippen LogP contribution in [0, 0.1) is 0 Å². The molecule has 3 aromatic rings. The van der Waals surface area contributed by atoms with Gasteiger partial charge < -0.3 is 9.64 Å². The van der Waals surface area contributed by atoms with Crippen LogP contribution < -0.4 is 0 Å². The molecular formula is C23H29F3N6OS. The van der Waals surface area contributed by atoms with Gasteiger partial charge in [0.25, 0.3) is 0 Å². The second-order valence-electron chi connectivity index (χ2n) is 8.41. The number of hydrogen-bond acceptors (Lipinski definition) is 7. The van der Waals surface area contributed by atoms with E-state index in [-0.39, 0.29) is 0 Å². The number of thioether (sulfide) groups is 1. The van der Waals surface area contributed by atoms with Gasteiger partial charge in [-0.25, -0.2) is 0 Å². The molecule has 0 amide bonds. The lowest BCUT2D eigenvalue weighted by Crippen LogP contribution is -2.35. The first-order valence-corrected chi connectivity index (χ1v) is 12.3. The van der Waals surface area contributed by atoms with Gasteiger partial charge >= 0.3 is 6.18 Å². The van der Waals surface area contributed by atoms with Gasteiger partial charge in [-0.3, -0.25) is 14.6 Å². The van der Waals surface area contributed by atoms with E-state index in [9.17, 15) is 13.2 Å². The zero-order valence-corrected chi connectivity index (χ0v) is 20.0. The Bertz CT molecular complexity index is 1070. The SMILES string of the molecule is CN(CCCSc1ccnc2cc(C(F)(F)F)ccc12)CCn1cc(CN2CCOCC2)nn1. The van der Waals surface area contributed by atoms with Crippen molar-refractivity contribution in [3.63, 3.8) is 0 Å². The number of alkyl halides is 3. The van der Waals surface area contributed by atoms with Crippen LogP contribution >= 0.6 is 11.8 Å². The average Bonchev–Trinajstić information content (AvgIpc) is 3.27. The van der Waals surface area contributed by atoms with E-state index in [1.807, 2.05) is 16.9 Å². The Balaban J connectivity index is 1.19. The molecular weight excluding hydrogens is 465 g/mol. The van der Waals surface area contributed by atoms with E-state index in [4.69, 9.17) is 4.74 Å². The minimum Gasteiger partial charge on any atom is -0.379 e. The summed E-state index contributed by atoms with van der Waals surface area (Å²) in [6.07, 6.45) is 0.186. The Morgan fingerprint density at radius 1 is 1.15 bits per heavy atom. The highest BCUT2D eigenvalue weighted by Gasteiger charge is 2.30. The monoisotopic (exact) mass is 494 g/mol. The standard InChI is InChI=1S/C23H29F3N6OS/c1-30(8-9-32-17-19(28-29-32)16-31-10-12-33-13-11-31)7-2-14-34-22-5-6-27-21-15-18(23(24,25)26)3-4-20(21)22/h3-6,15,17H,2,7-14,16H2,1H3. The van der Waals surface area contributed by atoms with Gasteiger partial charge in [0.1, 0.15) is 0 Å². The lowest BCUT2D eigenvalue weighted by molar-refractivity contribution is -0.137. The highest BCUT2D eigenvalue weighted by Crippen LogP contribution is 2.33. The van der Waals surface area contributed by atoms with Crippen molar-refractivity contribution < 1.29 is 17.9 Å². The number of nitrogens with zero attached hydrogens (tertiary/aromatic N) is 6. The molecule has 11 heteroatoms. The molecule has 1 aliphatic rings. The molecule has 0 radical (unpaired) electrons. The smallest absolute Gasteiger partial charge is 0.379 e. The third-order valence-electron chi connectivity index (χ3n) is 5.76. The molecule has 2 aromatic heterocycles. The summed E-state index contributed by atoms with van der Waals surface area (Å²) in [5, 5.41) is 9.28. The fourth-order valence-electron chi connectivity index (χ4n) is 3.83. The molecule has 0 spiro atoms. The first-order chi connectivity index (χ1) is 16.4. The molecule has 34 heavy (non-hydrogen) atoms. The maximum atomic E-state index is 13.0. The van der Waals surface area contributed by atoms with Crippen molar-refractivity contribution in [3.8, 4) is 0 Å². The number of aromatic nitrogens is 4. The van der Waals surface area contributed by atoms with Crippen LogP contribution in [0.3, 0.4) is 0 Å². The third kappa shape index (κ3) is 6.91. The lowest BCUT2D eigenvalue weighted by Gasteiger charge is -2.25. The van der Waals surface area contributed by atoms with Crippen LogP contribution in [-0.4, -0.2) is 82.0 Å². The molecule has 1 fully saturated rings. The highest BCUT2D eigenvalue weighted by molar-refractivity contribution is 7.99. The van der Waals surface area contributed by atoms with Crippen LogP contribution in [0.2, 0.25) is 0 Å². The van der Waals surface area contributed by atoms with E-state index < -0.39 is 11.7 Å². The van der Waals surface area contributed by atoms with E-state index in [0.29, 0.717) is 5.52 Å². The molecule has 0 saturated carbocycles. The summed E-state index contributed by atoms with van der Waals surface area (Å²) < 4.78 is 46.1. The van der Waals surface area contributed by atoms with Crippen LogP contribution in [0.25, 0.3) is 10.9 Å². The van der Waals surface area contributed by atoms with Crippen LogP contribution in [0.4, 0.5) is 13.2 Å². The molecule has 0 atom stereocenters. The number of pyridine rings is 1. The first-order valence-electron chi connectivity index (χ1n) is 11.3. The zero-order valence-electron chi connectivity index (χ0n) is 19.2. The Hall–Kier alpha value is -2.21. The number of benzene rings is 1. The number of hydrogen-bond donors (Lipinski definition) is 0. The van der Waals surface area contributed by atoms with Gasteiger partial charge in [-0.05, 0) is 44.0 Å². The van der Waals surface area contributed by atoms with Crippen LogP contribution in [0.15, 0.2) is 41.6 Å². The van der Waals surface area contributed by atoms with Crippen LogP contribution in [0.5, 0.6) is 0 Å². The third-order valence-corrected chi connectivity index (χ3v) is 6.92. The number of morpholine rings is 1. The summed E-state index contributed by atoms with van der Waals surface area (Å²) in [5.74, 6) is 0.873. The molecule has 1 saturated heterocycles. The molecule has 3 heterocycles. The van der Waals surface area contributed by atoms with Gasteiger partial charge in [-0.2, -0.15) is 13.2 Å². The summed E-state index contributed by atoms with van der Waals surface area (Å²) >= 11 is 1.65. The Morgan fingerprint density at radius 2 is 1.97 bits per heavy atom. The minimum atomic E-state index is -4.36. The number of rotatable bonds is 10. The molecule has 0 unspecified atom stereocenters. The van der Waals surface area contributed by atoms with Crippen molar-refractivity contribution in [1.82, 2.24) is 29.8 Å². The van der Waals surface area contributed by atoms with Crippen molar-refractivity contribution in [2.75, 3.05) is 52.2 Å². The molecule has 4 rings (SSSR count). The first kappa shape index (κ1) is 24.9. The predicted octanol–water partition coefficient (Wildman–Crippen LogP) is 3.79. The van der Waals surface area contributed by atoms with Gasteiger partial charge in [0.2, 0.25) is 0 Å². The Morgan fingerprint density at radius 3 is 2.76 bits per heavy atom.